The molecule has 70 valence electrons. The summed E-state index contributed by atoms with van der Waals surface area (Å²) >= 11 is 3.05. The number of phenolic OH excluding ortho intramolecular Hbond substituents is 1. The Kier molecular flexibility index (Phi) is 3.31. The average molecular weight is 245 g/mol. The fraction of sp³-hybridized carbons (Fsp3) is 0.222. The molecule has 0 radical (unpaired) electrons. The topological polar surface area (TPSA) is 46.5 Å². The molecule has 0 aliphatic rings. The SMILES string of the molecule is COc1ccc(C(=O)CBr)cc1O. The lowest BCUT2D eigenvalue weighted by Gasteiger charge is -2.03. The maximum absolute atomic E-state index is 11.2. The lowest BCUT2D eigenvalue weighted by molar-refractivity contribution is 0.102. The number of carbonyl (C=O) groups excluding carboxylic acids is 1. The van der Waals surface area contributed by atoms with E-state index in [1.54, 1.807) is 12.1 Å². The maximum atomic E-state index is 11.2. The third-order valence-electron chi connectivity index (χ3n) is 1.62. The first-order valence-corrected chi connectivity index (χ1v) is 4.77. The summed E-state index contributed by atoms with van der Waals surface area (Å²) in [7, 11) is 1.46. The molecule has 0 aliphatic carbocycles. The number of ketones is 1. The Morgan fingerprint density at radius 3 is 2.77 bits per heavy atom. The van der Waals surface area contributed by atoms with Crippen molar-refractivity contribution in [1.29, 1.82) is 0 Å². The molecule has 1 aromatic carbocycles. The van der Waals surface area contributed by atoms with E-state index in [9.17, 15) is 9.90 Å². The van der Waals surface area contributed by atoms with Gasteiger partial charge in [-0.1, -0.05) is 15.9 Å². The molecular weight excluding hydrogens is 236 g/mol. The van der Waals surface area contributed by atoms with Crippen LogP contribution in [-0.2, 0) is 0 Å². The number of methoxy groups -OCH3 is 1. The summed E-state index contributed by atoms with van der Waals surface area (Å²) in [4.78, 5) is 11.2. The van der Waals surface area contributed by atoms with Crippen molar-refractivity contribution in [3.63, 3.8) is 0 Å². The molecule has 0 bridgehead atoms. The van der Waals surface area contributed by atoms with Crippen LogP contribution in [0.2, 0.25) is 0 Å². The Bertz CT molecular complexity index is 323. The van der Waals surface area contributed by atoms with Gasteiger partial charge in [0, 0.05) is 5.56 Å². The molecular formula is C9H9BrO3. The van der Waals surface area contributed by atoms with Gasteiger partial charge in [0.1, 0.15) is 0 Å². The third kappa shape index (κ3) is 2.21. The number of ether oxygens (including phenoxy) is 1. The van der Waals surface area contributed by atoms with Gasteiger partial charge in [-0.15, -0.1) is 0 Å². The zero-order chi connectivity index (χ0) is 9.84. The molecule has 4 heteroatoms. The van der Waals surface area contributed by atoms with Gasteiger partial charge in [-0.05, 0) is 18.2 Å². The van der Waals surface area contributed by atoms with E-state index in [-0.39, 0.29) is 16.9 Å². The van der Waals surface area contributed by atoms with Crippen LogP contribution in [-0.4, -0.2) is 23.3 Å². The minimum atomic E-state index is -0.0713. The highest BCUT2D eigenvalue weighted by Crippen LogP contribution is 2.26. The molecule has 0 aliphatic heterocycles. The molecule has 0 heterocycles. The van der Waals surface area contributed by atoms with Crippen molar-refractivity contribution in [2.75, 3.05) is 12.4 Å². The monoisotopic (exact) mass is 244 g/mol. The molecule has 13 heavy (non-hydrogen) atoms. The normalized spacial score (nSPS) is 9.69. The van der Waals surface area contributed by atoms with Crippen LogP contribution in [0.4, 0.5) is 0 Å². The number of alkyl halides is 1. The van der Waals surface area contributed by atoms with Crippen molar-refractivity contribution in [3.05, 3.63) is 23.8 Å². The van der Waals surface area contributed by atoms with Crippen molar-refractivity contribution in [1.82, 2.24) is 0 Å². The molecule has 0 spiro atoms. The Morgan fingerprint density at radius 1 is 1.62 bits per heavy atom. The molecule has 0 saturated carbocycles. The summed E-state index contributed by atoms with van der Waals surface area (Å²) < 4.78 is 4.84. The van der Waals surface area contributed by atoms with Crippen molar-refractivity contribution >= 4 is 21.7 Å². The number of Topliss-reactive ketones (excluding diaryl/α,β-unsaturated/α-hetero) is 1. The molecule has 0 atom stereocenters. The predicted molar refractivity (Wildman–Crippen MR) is 52.8 cm³/mol. The predicted octanol–water partition coefficient (Wildman–Crippen LogP) is 1.98. The molecule has 0 unspecified atom stereocenters. The van der Waals surface area contributed by atoms with E-state index in [4.69, 9.17) is 4.74 Å². The number of halogens is 1. The summed E-state index contributed by atoms with van der Waals surface area (Å²) in [6, 6.07) is 4.57. The van der Waals surface area contributed by atoms with Gasteiger partial charge in [-0.3, -0.25) is 4.79 Å². The van der Waals surface area contributed by atoms with Crippen LogP contribution in [0.5, 0.6) is 11.5 Å². The van der Waals surface area contributed by atoms with Gasteiger partial charge >= 0.3 is 0 Å². The number of aromatic hydroxyl groups is 1. The zero-order valence-corrected chi connectivity index (χ0v) is 8.67. The second-order valence-corrected chi connectivity index (χ2v) is 3.00. The van der Waals surface area contributed by atoms with E-state index in [1.807, 2.05) is 0 Å². The van der Waals surface area contributed by atoms with E-state index in [1.165, 1.54) is 13.2 Å². The fourth-order valence-corrected chi connectivity index (χ4v) is 1.26. The highest BCUT2D eigenvalue weighted by Gasteiger charge is 2.07. The highest BCUT2D eigenvalue weighted by molar-refractivity contribution is 9.09. The molecule has 0 fully saturated rings. The number of hydrogen-bond acceptors (Lipinski definition) is 3. The fourth-order valence-electron chi connectivity index (χ4n) is 0.941. The number of phenols is 1. The van der Waals surface area contributed by atoms with Gasteiger partial charge in [0.05, 0.1) is 12.4 Å². The Morgan fingerprint density at radius 2 is 2.31 bits per heavy atom. The van der Waals surface area contributed by atoms with Crippen molar-refractivity contribution < 1.29 is 14.6 Å². The summed E-state index contributed by atoms with van der Waals surface area (Å²) in [5, 5.41) is 9.59. The van der Waals surface area contributed by atoms with E-state index in [0.717, 1.165) is 0 Å². The zero-order valence-electron chi connectivity index (χ0n) is 7.08. The molecule has 0 amide bonds. The van der Waals surface area contributed by atoms with Gasteiger partial charge in [-0.25, -0.2) is 0 Å². The van der Waals surface area contributed by atoms with Gasteiger partial charge in [0.25, 0.3) is 0 Å². The molecule has 0 aromatic heterocycles. The van der Waals surface area contributed by atoms with E-state index >= 15 is 0 Å². The molecule has 1 rings (SSSR count). The van der Waals surface area contributed by atoms with Crippen LogP contribution in [0.25, 0.3) is 0 Å². The van der Waals surface area contributed by atoms with Crippen molar-refractivity contribution in [3.8, 4) is 11.5 Å². The largest absolute Gasteiger partial charge is 0.504 e. The van der Waals surface area contributed by atoms with Gasteiger partial charge in [-0.2, -0.15) is 0 Å². The highest BCUT2D eigenvalue weighted by atomic mass is 79.9. The lowest BCUT2D eigenvalue weighted by Crippen LogP contribution is -1.99. The van der Waals surface area contributed by atoms with Crippen LogP contribution in [0.1, 0.15) is 10.4 Å². The van der Waals surface area contributed by atoms with Gasteiger partial charge < -0.3 is 9.84 Å². The Labute approximate surface area is 84.5 Å². The lowest BCUT2D eigenvalue weighted by atomic mass is 10.1. The second-order valence-electron chi connectivity index (χ2n) is 2.44. The summed E-state index contributed by atoms with van der Waals surface area (Å²) in [5.41, 5.74) is 0.468. The number of hydrogen-bond donors (Lipinski definition) is 1. The first kappa shape index (κ1) is 10.1. The molecule has 1 aromatic rings. The standard InChI is InChI=1S/C9H9BrO3/c1-13-9-3-2-6(4-7(9)11)8(12)5-10/h2-4,11H,5H2,1H3. The maximum Gasteiger partial charge on any atom is 0.173 e. The summed E-state index contributed by atoms with van der Waals surface area (Å²) in [6.07, 6.45) is 0. The van der Waals surface area contributed by atoms with Crippen LogP contribution < -0.4 is 4.74 Å². The van der Waals surface area contributed by atoms with E-state index in [0.29, 0.717) is 11.3 Å². The number of carbonyl (C=O) groups is 1. The Balaban J connectivity index is 3.02. The molecule has 3 nitrogen and oxygen atoms in total. The van der Waals surface area contributed by atoms with Crippen LogP contribution in [0.15, 0.2) is 18.2 Å². The first-order chi connectivity index (χ1) is 6.19. The second kappa shape index (κ2) is 4.28. The third-order valence-corrected chi connectivity index (χ3v) is 2.13. The number of benzene rings is 1. The smallest absolute Gasteiger partial charge is 0.173 e. The van der Waals surface area contributed by atoms with Gasteiger partial charge in [0.2, 0.25) is 0 Å². The first-order valence-electron chi connectivity index (χ1n) is 3.65. The summed E-state index contributed by atoms with van der Waals surface area (Å²) in [6.45, 7) is 0. The molecule has 0 saturated heterocycles. The molecule has 1 N–H and O–H groups in total. The van der Waals surface area contributed by atoms with Crippen LogP contribution in [0.3, 0.4) is 0 Å². The van der Waals surface area contributed by atoms with E-state index in [2.05, 4.69) is 15.9 Å². The Hall–Kier alpha value is -1.03. The quantitative estimate of drug-likeness (QED) is 0.654. The average Bonchev–Trinajstić information content (AvgIpc) is 2.16. The minimum Gasteiger partial charge on any atom is -0.504 e. The van der Waals surface area contributed by atoms with E-state index < -0.39 is 0 Å². The minimum absolute atomic E-state index is 0.0192. The van der Waals surface area contributed by atoms with Crippen molar-refractivity contribution in [2.45, 2.75) is 0 Å². The van der Waals surface area contributed by atoms with Crippen LogP contribution >= 0.6 is 15.9 Å². The summed E-state index contributed by atoms with van der Waals surface area (Å²) in [5.74, 6) is 0.276. The van der Waals surface area contributed by atoms with Gasteiger partial charge in [0.15, 0.2) is 17.3 Å². The number of rotatable bonds is 3. The van der Waals surface area contributed by atoms with Crippen molar-refractivity contribution in [2.24, 2.45) is 0 Å². The van der Waals surface area contributed by atoms with Crippen LogP contribution in [0, 0.1) is 0 Å².